The van der Waals surface area contributed by atoms with Gasteiger partial charge in [-0.25, -0.2) is 9.97 Å². The third-order valence-corrected chi connectivity index (χ3v) is 4.04. The van der Waals surface area contributed by atoms with Gasteiger partial charge in [0.1, 0.15) is 6.33 Å². The van der Waals surface area contributed by atoms with Gasteiger partial charge in [-0.3, -0.25) is 25.2 Å². The topological polar surface area (TPSA) is 84.7 Å². The molecule has 2 aromatic heterocycles. The van der Waals surface area contributed by atoms with Gasteiger partial charge in [-0.05, 0) is 31.2 Å². The Balaban J connectivity index is 1.65. The van der Waals surface area contributed by atoms with E-state index >= 15 is 0 Å². The average Bonchev–Trinajstić information content (AvgIpc) is 3.11. The molecular weight excluding hydrogens is 328 g/mol. The number of carbonyl (C=O) groups excluding carboxylic acids is 1. The maximum atomic E-state index is 12.7. The molecular formula is C19H16N6O. The number of aryl methyl sites for hydroxylation is 1. The Morgan fingerprint density at radius 3 is 2.62 bits per heavy atom. The summed E-state index contributed by atoms with van der Waals surface area (Å²) in [5, 5.41) is 0. The lowest BCUT2D eigenvalue weighted by atomic mass is 10.1. The lowest BCUT2D eigenvalue weighted by molar-refractivity contribution is 0.0962. The highest BCUT2D eigenvalue weighted by Gasteiger charge is 2.14. The number of benzene rings is 2. The van der Waals surface area contributed by atoms with Gasteiger partial charge in [0.25, 0.3) is 5.91 Å². The van der Waals surface area contributed by atoms with Gasteiger partial charge < -0.3 is 0 Å². The summed E-state index contributed by atoms with van der Waals surface area (Å²) in [6.07, 6.45) is 4.88. The summed E-state index contributed by atoms with van der Waals surface area (Å²) in [4.78, 5) is 25.4. The second-order valence-electron chi connectivity index (χ2n) is 5.69. The zero-order valence-corrected chi connectivity index (χ0v) is 14.0. The zero-order chi connectivity index (χ0) is 17.9. The van der Waals surface area contributed by atoms with Crippen LogP contribution in [0, 0.1) is 6.92 Å². The van der Waals surface area contributed by atoms with Crippen LogP contribution in [0.1, 0.15) is 16.1 Å². The molecule has 0 atom stereocenters. The highest BCUT2D eigenvalue weighted by Crippen LogP contribution is 2.21. The fraction of sp³-hybridized carbons (Fsp3) is 0.0526. The van der Waals surface area contributed by atoms with Crippen molar-refractivity contribution in [2.45, 2.75) is 6.92 Å². The van der Waals surface area contributed by atoms with E-state index in [0.717, 1.165) is 16.7 Å². The molecule has 4 rings (SSSR count). The number of nitrogens with one attached hydrogen (secondary N) is 2. The largest absolute Gasteiger partial charge is 0.298 e. The first-order chi connectivity index (χ1) is 12.7. The molecule has 7 heteroatoms. The number of para-hydroxylation sites is 3. The van der Waals surface area contributed by atoms with Crippen molar-refractivity contribution in [3.8, 4) is 5.69 Å². The number of rotatable bonds is 4. The Morgan fingerprint density at radius 1 is 0.962 bits per heavy atom. The molecule has 7 nitrogen and oxygen atoms in total. The third kappa shape index (κ3) is 2.86. The number of imidazole rings is 1. The van der Waals surface area contributed by atoms with Crippen LogP contribution in [-0.4, -0.2) is 25.4 Å². The second-order valence-corrected chi connectivity index (χ2v) is 5.69. The molecule has 0 saturated carbocycles. The molecule has 128 valence electrons. The molecule has 2 N–H and O–H groups in total. The monoisotopic (exact) mass is 344 g/mol. The number of amides is 1. The highest BCUT2D eigenvalue weighted by molar-refractivity contribution is 5.99. The first-order valence-corrected chi connectivity index (χ1v) is 8.09. The van der Waals surface area contributed by atoms with Crippen LogP contribution in [0.4, 0.5) is 5.82 Å². The van der Waals surface area contributed by atoms with E-state index in [0.29, 0.717) is 17.1 Å². The summed E-state index contributed by atoms with van der Waals surface area (Å²) in [6, 6.07) is 15.2. The summed E-state index contributed by atoms with van der Waals surface area (Å²) >= 11 is 0. The van der Waals surface area contributed by atoms with Gasteiger partial charge in [-0.1, -0.05) is 24.3 Å². The van der Waals surface area contributed by atoms with Crippen molar-refractivity contribution in [3.05, 3.63) is 78.5 Å². The second kappa shape index (κ2) is 6.64. The number of hydrogen-bond donors (Lipinski definition) is 2. The minimum Gasteiger partial charge on any atom is -0.298 e. The van der Waals surface area contributed by atoms with Crippen LogP contribution in [0.2, 0.25) is 0 Å². The number of hydrogen-bond acceptors (Lipinski definition) is 5. The van der Waals surface area contributed by atoms with Crippen LogP contribution in [0.25, 0.3) is 16.7 Å². The van der Waals surface area contributed by atoms with E-state index in [1.54, 1.807) is 24.8 Å². The molecule has 0 unspecified atom stereocenters. The zero-order valence-electron chi connectivity index (χ0n) is 14.0. The van der Waals surface area contributed by atoms with Crippen LogP contribution in [0.3, 0.4) is 0 Å². The molecule has 0 spiro atoms. The van der Waals surface area contributed by atoms with Crippen molar-refractivity contribution >= 4 is 22.8 Å². The van der Waals surface area contributed by atoms with Crippen LogP contribution in [0.15, 0.2) is 67.3 Å². The highest BCUT2D eigenvalue weighted by atomic mass is 16.2. The fourth-order valence-electron chi connectivity index (χ4n) is 2.74. The molecule has 0 bridgehead atoms. The molecule has 0 saturated heterocycles. The smallest absolute Gasteiger partial charge is 0.271 e. The molecule has 0 aliphatic carbocycles. The van der Waals surface area contributed by atoms with E-state index < -0.39 is 0 Å². The van der Waals surface area contributed by atoms with Crippen LogP contribution >= 0.6 is 0 Å². The van der Waals surface area contributed by atoms with E-state index in [1.807, 2.05) is 54.0 Å². The van der Waals surface area contributed by atoms with Gasteiger partial charge in [0.2, 0.25) is 0 Å². The summed E-state index contributed by atoms with van der Waals surface area (Å²) in [5.74, 6) is 0.231. The van der Waals surface area contributed by atoms with E-state index in [-0.39, 0.29) is 5.91 Å². The fourth-order valence-corrected chi connectivity index (χ4v) is 2.74. The Hall–Kier alpha value is -3.74. The van der Waals surface area contributed by atoms with E-state index in [2.05, 4.69) is 25.8 Å². The summed E-state index contributed by atoms with van der Waals surface area (Å²) in [6.45, 7) is 1.81. The molecule has 0 aliphatic rings. The number of nitrogens with zero attached hydrogens (tertiary/aromatic N) is 4. The molecule has 0 aliphatic heterocycles. The number of anilines is 1. The predicted octanol–water partition coefficient (Wildman–Crippen LogP) is 2.88. The first kappa shape index (κ1) is 15.8. The summed E-state index contributed by atoms with van der Waals surface area (Å²) in [7, 11) is 0. The first-order valence-electron chi connectivity index (χ1n) is 8.09. The van der Waals surface area contributed by atoms with Crippen molar-refractivity contribution < 1.29 is 4.79 Å². The van der Waals surface area contributed by atoms with Crippen molar-refractivity contribution in [1.82, 2.24) is 24.9 Å². The van der Waals surface area contributed by atoms with Crippen molar-refractivity contribution in [2.75, 3.05) is 5.43 Å². The van der Waals surface area contributed by atoms with Gasteiger partial charge in [0.05, 0.1) is 28.0 Å². The Kier molecular flexibility index (Phi) is 4.03. The van der Waals surface area contributed by atoms with Crippen LogP contribution in [-0.2, 0) is 0 Å². The molecule has 2 aromatic carbocycles. The van der Waals surface area contributed by atoms with Crippen molar-refractivity contribution in [1.29, 1.82) is 0 Å². The molecule has 2 heterocycles. The lowest BCUT2D eigenvalue weighted by Gasteiger charge is -2.13. The molecule has 0 radical (unpaired) electrons. The van der Waals surface area contributed by atoms with Gasteiger partial charge in [0.15, 0.2) is 5.82 Å². The predicted molar refractivity (Wildman–Crippen MR) is 98.9 cm³/mol. The minimum atomic E-state index is -0.275. The van der Waals surface area contributed by atoms with E-state index in [9.17, 15) is 4.79 Å². The molecule has 4 aromatic rings. The lowest BCUT2D eigenvalue weighted by Crippen LogP contribution is -2.31. The van der Waals surface area contributed by atoms with Crippen molar-refractivity contribution in [2.24, 2.45) is 0 Å². The van der Waals surface area contributed by atoms with Gasteiger partial charge >= 0.3 is 0 Å². The third-order valence-electron chi connectivity index (χ3n) is 4.04. The Bertz CT molecular complexity index is 1090. The maximum absolute atomic E-state index is 12.7. The normalized spacial score (nSPS) is 10.7. The number of hydrazine groups is 1. The maximum Gasteiger partial charge on any atom is 0.271 e. The number of fused-ring (bicyclic) bond motifs is 1. The molecule has 1 amide bonds. The number of aromatic nitrogens is 4. The van der Waals surface area contributed by atoms with Crippen LogP contribution < -0.4 is 10.9 Å². The SMILES string of the molecule is Cc1nccnc1NNC(=O)c1ccccc1-n1cnc2ccccc21. The van der Waals surface area contributed by atoms with E-state index in [4.69, 9.17) is 0 Å². The van der Waals surface area contributed by atoms with Gasteiger partial charge in [0, 0.05) is 12.4 Å². The summed E-state index contributed by atoms with van der Waals surface area (Å²) < 4.78 is 1.90. The van der Waals surface area contributed by atoms with E-state index in [1.165, 1.54) is 0 Å². The summed E-state index contributed by atoms with van der Waals surface area (Å²) in [5.41, 5.74) is 9.27. The standard InChI is InChI=1S/C19H16N6O/c1-13-18(21-11-10-20-13)23-24-19(26)14-6-2-4-8-16(14)25-12-22-15-7-3-5-9-17(15)25/h2-12H,1H3,(H,21,23)(H,24,26). The number of carbonyl (C=O) groups is 1. The minimum absolute atomic E-state index is 0.275. The van der Waals surface area contributed by atoms with Gasteiger partial charge in [-0.15, -0.1) is 0 Å². The molecule has 0 fully saturated rings. The average molecular weight is 344 g/mol. The van der Waals surface area contributed by atoms with Gasteiger partial charge in [-0.2, -0.15) is 0 Å². The Morgan fingerprint density at radius 2 is 1.73 bits per heavy atom. The van der Waals surface area contributed by atoms with Crippen molar-refractivity contribution in [3.63, 3.8) is 0 Å². The van der Waals surface area contributed by atoms with Crippen LogP contribution in [0.5, 0.6) is 0 Å². The Labute approximate surface area is 149 Å². The molecule has 26 heavy (non-hydrogen) atoms. The quantitative estimate of drug-likeness (QED) is 0.556.